The number of anilines is 2. The molecule has 0 heterocycles. The highest BCUT2D eigenvalue weighted by atomic mass is 35.5. The summed E-state index contributed by atoms with van der Waals surface area (Å²) in [5.74, 6) is -0.526. The Kier molecular flexibility index (Phi) is 8.78. The highest BCUT2D eigenvalue weighted by Crippen LogP contribution is 2.34. The number of benzene rings is 3. The molecule has 3 aromatic rings. The lowest BCUT2D eigenvalue weighted by Crippen LogP contribution is -2.38. The zero-order valence-electron chi connectivity index (χ0n) is 19.9. The summed E-state index contributed by atoms with van der Waals surface area (Å²) in [7, 11) is -1.24. The molecule has 0 saturated heterocycles. The molecule has 0 aliphatic heterocycles. The number of halogens is 1. The van der Waals surface area contributed by atoms with Gasteiger partial charge in [0.1, 0.15) is 6.54 Å². The molecule has 3 rings (SSSR count). The van der Waals surface area contributed by atoms with Crippen LogP contribution in [0, 0.1) is 0 Å². The molecule has 1 amide bonds. The summed E-state index contributed by atoms with van der Waals surface area (Å²) in [6, 6.07) is 16.6. The fourth-order valence-corrected chi connectivity index (χ4v) is 5.00. The number of nitrogens with zero attached hydrogens (tertiary/aromatic N) is 1. The molecule has 0 aliphatic rings. The molecular formula is C25H25ClN2O7S. The molecule has 1 N–H and O–H groups in total. The van der Waals surface area contributed by atoms with Crippen molar-refractivity contribution in [3.8, 4) is 11.5 Å². The van der Waals surface area contributed by atoms with Crippen LogP contribution in [0.1, 0.15) is 17.3 Å². The predicted octanol–water partition coefficient (Wildman–Crippen LogP) is 4.37. The summed E-state index contributed by atoms with van der Waals surface area (Å²) < 4.78 is 43.5. The summed E-state index contributed by atoms with van der Waals surface area (Å²) in [6.45, 7) is 1.31. The van der Waals surface area contributed by atoms with Gasteiger partial charge in [-0.05, 0) is 49.4 Å². The van der Waals surface area contributed by atoms with Gasteiger partial charge in [-0.2, -0.15) is 0 Å². The maximum atomic E-state index is 13.5. The number of methoxy groups -OCH3 is 2. The van der Waals surface area contributed by atoms with E-state index in [0.717, 1.165) is 4.31 Å². The number of esters is 1. The topological polar surface area (TPSA) is 111 Å². The van der Waals surface area contributed by atoms with Gasteiger partial charge in [0, 0.05) is 11.8 Å². The summed E-state index contributed by atoms with van der Waals surface area (Å²) in [6.07, 6.45) is 0. The SMILES string of the molecule is CCOC(=O)c1ccc(NC(=O)CN(c2ccc(OC)c(OC)c2)S(=O)(=O)c2ccccc2)cc1Cl. The van der Waals surface area contributed by atoms with Crippen LogP contribution in [-0.2, 0) is 19.6 Å². The summed E-state index contributed by atoms with van der Waals surface area (Å²) >= 11 is 6.18. The Morgan fingerprint density at radius 2 is 1.64 bits per heavy atom. The van der Waals surface area contributed by atoms with Crippen LogP contribution in [0.4, 0.5) is 11.4 Å². The number of amides is 1. The maximum absolute atomic E-state index is 13.5. The van der Waals surface area contributed by atoms with Gasteiger partial charge in [-0.1, -0.05) is 29.8 Å². The maximum Gasteiger partial charge on any atom is 0.339 e. The first-order valence-corrected chi connectivity index (χ1v) is 12.6. The van der Waals surface area contributed by atoms with E-state index in [4.69, 9.17) is 25.8 Å². The fourth-order valence-electron chi connectivity index (χ4n) is 3.31. The number of ether oxygens (including phenoxy) is 3. The highest BCUT2D eigenvalue weighted by Gasteiger charge is 2.28. The summed E-state index contributed by atoms with van der Waals surface area (Å²) in [4.78, 5) is 24.9. The van der Waals surface area contributed by atoms with Gasteiger partial charge in [0.05, 0.1) is 42.0 Å². The highest BCUT2D eigenvalue weighted by molar-refractivity contribution is 7.92. The largest absolute Gasteiger partial charge is 0.493 e. The first kappa shape index (κ1) is 26.8. The minimum atomic E-state index is -4.13. The standard InChI is InChI=1S/C25H25ClN2O7S/c1-4-35-25(30)20-12-10-17(14-21(20)26)27-24(29)16-28(36(31,32)19-8-6-5-7-9-19)18-11-13-22(33-2)23(15-18)34-3/h5-15H,4,16H2,1-3H3,(H,27,29). The van der Waals surface area contributed by atoms with Crippen molar-refractivity contribution >= 4 is 44.9 Å². The lowest BCUT2D eigenvalue weighted by molar-refractivity contribution is -0.114. The van der Waals surface area contributed by atoms with Crippen molar-refractivity contribution in [2.24, 2.45) is 0 Å². The van der Waals surface area contributed by atoms with Crippen LogP contribution in [0.15, 0.2) is 71.6 Å². The van der Waals surface area contributed by atoms with Gasteiger partial charge in [0.2, 0.25) is 5.91 Å². The molecule has 0 saturated carbocycles. The van der Waals surface area contributed by atoms with E-state index in [1.807, 2.05) is 0 Å². The van der Waals surface area contributed by atoms with Crippen LogP contribution in [0.3, 0.4) is 0 Å². The number of sulfonamides is 1. The molecule has 0 spiro atoms. The van der Waals surface area contributed by atoms with E-state index in [1.54, 1.807) is 31.2 Å². The lowest BCUT2D eigenvalue weighted by atomic mass is 10.2. The average Bonchev–Trinajstić information content (AvgIpc) is 2.87. The van der Waals surface area contributed by atoms with Crippen LogP contribution in [0.2, 0.25) is 5.02 Å². The second kappa shape index (κ2) is 11.8. The number of rotatable bonds is 10. The van der Waals surface area contributed by atoms with Crippen molar-refractivity contribution in [3.05, 3.63) is 77.3 Å². The monoisotopic (exact) mass is 532 g/mol. The second-order valence-electron chi connectivity index (χ2n) is 7.33. The molecule has 190 valence electrons. The van der Waals surface area contributed by atoms with E-state index in [9.17, 15) is 18.0 Å². The molecule has 11 heteroatoms. The summed E-state index contributed by atoms with van der Waals surface area (Å²) in [5, 5.41) is 2.70. The Morgan fingerprint density at radius 1 is 0.944 bits per heavy atom. The smallest absolute Gasteiger partial charge is 0.339 e. The van der Waals surface area contributed by atoms with Crippen LogP contribution in [-0.4, -0.2) is 47.7 Å². The number of hydrogen-bond donors (Lipinski definition) is 1. The van der Waals surface area contributed by atoms with Crippen LogP contribution >= 0.6 is 11.6 Å². The quantitative estimate of drug-likeness (QED) is 0.386. The van der Waals surface area contributed by atoms with Crippen molar-refractivity contribution in [2.45, 2.75) is 11.8 Å². The van der Waals surface area contributed by atoms with E-state index in [-0.39, 0.29) is 33.5 Å². The number of carbonyl (C=O) groups is 2. The molecule has 0 aliphatic carbocycles. The van der Waals surface area contributed by atoms with Gasteiger partial charge in [-0.15, -0.1) is 0 Å². The Labute approximate surface area is 214 Å². The van der Waals surface area contributed by atoms with Gasteiger partial charge in [-0.25, -0.2) is 13.2 Å². The Hall–Kier alpha value is -3.76. The second-order valence-corrected chi connectivity index (χ2v) is 9.60. The van der Waals surface area contributed by atoms with E-state index in [1.165, 1.54) is 56.7 Å². The Morgan fingerprint density at radius 3 is 2.25 bits per heavy atom. The van der Waals surface area contributed by atoms with E-state index in [0.29, 0.717) is 11.5 Å². The molecule has 9 nitrogen and oxygen atoms in total. The number of nitrogens with one attached hydrogen (secondary N) is 1. The van der Waals surface area contributed by atoms with Gasteiger partial charge in [0.25, 0.3) is 10.0 Å². The third kappa shape index (κ3) is 6.07. The van der Waals surface area contributed by atoms with Crippen molar-refractivity contribution < 1.29 is 32.2 Å². The minimum absolute atomic E-state index is 0.00872. The molecule has 0 radical (unpaired) electrons. The fraction of sp³-hybridized carbons (Fsp3) is 0.200. The molecule has 3 aromatic carbocycles. The molecule has 0 atom stereocenters. The van der Waals surface area contributed by atoms with Crippen molar-refractivity contribution in [2.75, 3.05) is 37.0 Å². The predicted molar refractivity (Wildman–Crippen MR) is 137 cm³/mol. The number of carbonyl (C=O) groups excluding carboxylic acids is 2. The normalized spacial score (nSPS) is 10.9. The lowest BCUT2D eigenvalue weighted by Gasteiger charge is -2.25. The molecule has 0 unspecified atom stereocenters. The Balaban J connectivity index is 1.93. The zero-order chi connectivity index (χ0) is 26.3. The van der Waals surface area contributed by atoms with Gasteiger partial charge in [0.15, 0.2) is 11.5 Å². The van der Waals surface area contributed by atoms with E-state index in [2.05, 4.69) is 5.32 Å². The first-order valence-electron chi connectivity index (χ1n) is 10.8. The van der Waals surface area contributed by atoms with Gasteiger partial charge >= 0.3 is 5.97 Å². The molecular weight excluding hydrogens is 508 g/mol. The first-order chi connectivity index (χ1) is 17.2. The third-order valence-corrected chi connectivity index (χ3v) is 7.12. The van der Waals surface area contributed by atoms with E-state index < -0.39 is 28.4 Å². The van der Waals surface area contributed by atoms with Gasteiger partial charge in [-0.3, -0.25) is 9.10 Å². The van der Waals surface area contributed by atoms with Crippen LogP contribution in [0.25, 0.3) is 0 Å². The van der Waals surface area contributed by atoms with Crippen molar-refractivity contribution in [1.82, 2.24) is 0 Å². The van der Waals surface area contributed by atoms with Crippen molar-refractivity contribution in [1.29, 1.82) is 0 Å². The molecule has 0 aromatic heterocycles. The van der Waals surface area contributed by atoms with Crippen LogP contribution < -0.4 is 19.1 Å². The van der Waals surface area contributed by atoms with Gasteiger partial charge < -0.3 is 19.5 Å². The molecule has 36 heavy (non-hydrogen) atoms. The third-order valence-electron chi connectivity index (χ3n) is 5.02. The molecule has 0 bridgehead atoms. The average molecular weight is 533 g/mol. The Bertz CT molecular complexity index is 1350. The molecule has 0 fully saturated rings. The van der Waals surface area contributed by atoms with Crippen LogP contribution in [0.5, 0.6) is 11.5 Å². The van der Waals surface area contributed by atoms with E-state index >= 15 is 0 Å². The number of hydrogen-bond acceptors (Lipinski definition) is 7. The van der Waals surface area contributed by atoms with Crippen molar-refractivity contribution in [3.63, 3.8) is 0 Å². The summed E-state index contributed by atoms with van der Waals surface area (Å²) in [5.41, 5.74) is 0.625. The zero-order valence-corrected chi connectivity index (χ0v) is 21.4. The minimum Gasteiger partial charge on any atom is -0.493 e.